The molecule has 1 aliphatic heterocycles. The number of nitrogens with one attached hydrogen (secondary N) is 1. The molecule has 4 heteroatoms. The van der Waals surface area contributed by atoms with Crippen LogP contribution in [0.2, 0.25) is 0 Å². The van der Waals surface area contributed by atoms with E-state index < -0.39 is 11.7 Å². The number of amides is 2. The van der Waals surface area contributed by atoms with Crippen LogP contribution in [0, 0.1) is 11.8 Å². The van der Waals surface area contributed by atoms with E-state index in [0.29, 0.717) is 24.7 Å². The third-order valence-electron chi connectivity index (χ3n) is 2.39. The Morgan fingerprint density at radius 3 is 1.87 bits per heavy atom. The van der Waals surface area contributed by atoms with E-state index in [1.54, 1.807) is 0 Å². The summed E-state index contributed by atoms with van der Waals surface area (Å²) in [6.07, 6.45) is 0.562. The fraction of sp³-hybridized carbons (Fsp3) is 0.818. The van der Waals surface area contributed by atoms with Crippen molar-refractivity contribution < 1.29 is 14.3 Å². The molecule has 0 aromatic heterocycles. The lowest BCUT2D eigenvalue weighted by molar-refractivity contribution is -0.134. The second-order valence-corrected chi connectivity index (χ2v) is 5.03. The van der Waals surface area contributed by atoms with Gasteiger partial charge in [0.25, 0.3) is 5.91 Å². The standard InChI is InChI=1S/C11H19NO3/c1-7(2)5-11(6-8(3)4)9(13)12-10(14)15-11/h7-8H,5-6H2,1-4H3,(H,12,13,14). The minimum Gasteiger partial charge on any atom is -0.432 e. The normalized spacial score (nSPS) is 19.6. The van der Waals surface area contributed by atoms with Gasteiger partial charge in [-0.2, -0.15) is 0 Å². The number of carbonyl (C=O) groups is 2. The molecular formula is C11H19NO3. The number of hydrogen-bond donors (Lipinski definition) is 1. The molecule has 0 radical (unpaired) electrons. The SMILES string of the molecule is CC(C)CC1(CC(C)C)OC(=O)NC1=O. The number of ether oxygens (including phenoxy) is 1. The maximum atomic E-state index is 11.7. The average Bonchev–Trinajstić information content (AvgIpc) is 2.22. The summed E-state index contributed by atoms with van der Waals surface area (Å²) in [5, 5.41) is 2.22. The molecule has 1 rings (SSSR count). The van der Waals surface area contributed by atoms with Crippen LogP contribution in [0.15, 0.2) is 0 Å². The monoisotopic (exact) mass is 213 g/mol. The summed E-state index contributed by atoms with van der Waals surface area (Å²) in [6, 6.07) is 0. The Bertz CT molecular complexity index is 261. The molecule has 0 unspecified atom stereocenters. The van der Waals surface area contributed by atoms with Crippen LogP contribution in [0.25, 0.3) is 0 Å². The van der Waals surface area contributed by atoms with Gasteiger partial charge in [-0.25, -0.2) is 4.79 Å². The Balaban J connectivity index is 2.85. The number of rotatable bonds is 4. The van der Waals surface area contributed by atoms with Crippen molar-refractivity contribution in [3.63, 3.8) is 0 Å². The fourth-order valence-corrected chi connectivity index (χ4v) is 2.13. The zero-order valence-corrected chi connectivity index (χ0v) is 9.79. The van der Waals surface area contributed by atoms with Crippen LogP contribution in [-0.4, -0.2) is 17.6 Å². The molecule has 0 aliphatic carbocycles. The minimum atomic E-state index is -0.931. The lowest BCUT2D eigenvalue weighted by Gasteiger charge is -2.27. The third-order valence-corrected chi connectivity index (χ3v) is 2.39. The lowest BCUT2D eigenvalue weighted by Crippen LogP contribution is -2.41. The van der Waals surface area contributed by atoms with Crippen molar-refractivity contribution in [3.05, 3.63) is 0 Å². The second kappa shape index (κ2) is 4.21. The Morgan fingerprint density at radius 1 is 1.13 bits per heavy atom. The van der Waals surface area contributed by atoms with Crippen LogP contribution >= 0.6 is 0 Å². The molecule has 1 fully saturated rings. The molecule has 1 saturated heterocycles. The summed E-state index contributed by atoms with van der Waals surface area (Å²) in [4.78, 5) is 22.8. The van der Waals surface area contributed by atoms with Crippen LogP contribution in [0.4, 0.5) is 4.79 Å². The van der Waals surface area contributed by atoms with E-state index in [9.17, 15) is 9.59 Å². The van der Waals surface area contributed by atoms with E-state index in [1.807, 2.05) is 27.7 Å². The number of imide groups is 1. The van der Waals surface area contributed by atoms with Crippen molar-refractivity contribution in [1.82, 2.24) is 5.32 Å². The van der Waals surface area contributed by atoms with Crippen LogP contribution in [0.5, 0.6) is 0 Å². The van der Waals surface area contributed by atoms with Gasteiger partial charge >= 0.3 is 6.09 Å². The van der Waals surface area contributed by atoms with Crippen molar-refractivity contribution >= 4 is 12.0 Å². The van der Waals surface area contributed by atoms with Crippen LogP contribution in [0.3, 0.4) is 0 Å². The van der Waals surface area contributed by atoms with E-state index in [2.05, 4.69) is 5.32 Å². The first kappa shape index (κ1) is 12.0. The maximum Gasteiger partial charge on any atom is 0.415 e. The first-order chi connectivity index (χ1) is 6.85. The zero-order valence-electron chi connectivity index (χ0n) is 9.79. The molecule has 0 aromatic rings. The van der Waals surface area contributed by atoms with Gasteiger partial charge in [0, 0.05) is 0 Å². The number of alkyl carbamates (subject to hydrolysis) is 1. The van der Waals surface area contributed by atoms with Gasteiger partial charge in [0.05, 0.1) is 0 Å². The molecule has 86 valence electrons. The zero-order chi connectivity index (χ0) is 11.6. The van der Waals surface area contributed by atoms with Crippen molar-refractivity contribution in [2.24, 2.45) is 11.8 Å². The molecule has 1 heterocycles. The topological polar surface area (TPSA) is 55.4 Å². The van der Waals surface area contributed by atoms with Crippen molar-refractivity contribution in [3.8, 4) is 0 Å². The summed E-state index contributed by atoms with van der Waals surface area (Å²) in [6.45, 7) is 8.06. The van der Waals surface area contributed by atoms with Gasteiger partial charge < -0.3 is 4.74 Å². The van der Waals surface area contributed by atoms with E-state index in [0.717, 1.165) is 0 Å². The van der Waals surface area contributed by atoms with Gasteiger partial charge in [0.2, 0.25) is 0 Å². The molecule has 0 atom stereocenters. The van der Waals surface area contributed by atoms with E-state index in [1.165, 1.54) is 0 Å². The quantitative estimate of drug-likeness (QED) is 0.777. The van der Waals surface area contributed by atoms with Gasteiger partial charge in [0.1, 0.15) is 0 Å². The van der Waals surface area contributed by atoms with Gasteiger partial charge in [-0.05, 0) is 24.7 Å². The van der Waals surface area contributed by atoms with Crippen molar-refractivity contribution in [1.29, 1.82) is 0 Å². The molecule has 0 spiro atoms. The lowest BCUT2D eigenvalue weighted by atomic mass is 9.84. The van der Waals surface area contributed by atoms with Crippen molar-refractivity contribution in [2.45, 2.75) is 46.1 Å². The van der Waals surface area contributed by atoms with Gasteiger partial charge in [-0.3, -0.25) is 10.1 Å². The molecule has 0 aromatic carbocycles. The fourth-order valence-electron chi connectivity index (χ4n) is 2.13. The summed E-state index contributed by atoms with van der Waals surface area (Å²) in [5.41, 5.74) is -0.931. The van der Waals surface area contributed by atoms with Gasteiger partial charge in [-0.15, -0.1) is 0 Å². The summed E-state index contributed by atoms with van der Waals surface area (Å²) in [7, 11) is 0. The molecule has 0 saturated carbocycles. The summed E-state index contributed by atoms with van der Waals surface area (Å²) < 4.78 is 5.18. The first-order valence-electron chi connectivity index (χ1n) is 5.40. The van der Waals surface area contributed by atoms with E-state index in [4.69, 9.17) is 4.74 Å². The Labute approximate surface area is 90.4 Å². The highest BCUT2D eigenvalue weighted by Gasteiger charge is 2.49. The van der Waals surface area contributed by atoms with E-state index in [-0.39, 0.29) is 5.91 Å². The summed E-state index contributed by atoms with van der Waals surface area (Å²) in [5.74, 6) is 0.357. The van der Waals surface area contributed by atoms with E-state index >= 15 is 0 Å². The van der Waals surface area contributed by atoms with Gasteiger partial charge in [-0.1, -0.05) is 27.7 Å². The average molecular weight is 213 g/mol. The third kappa shape index (κ3) is 2.70. The van der Waals surface area contributed by atoms with Crippen LogP contribution < -0.4 is 5.32 Å². The smallest absolute Gasteiger partial charge is 0.415 e. The molecule has 2 amide bonds. The highest BCUT2D eigenvalue weighted by molar-refractivity contribution is 6.02. The Hall–Kier alpha value is -1.06. The maximum absolute atomic E-state index is 11.7. The molecule has 0 bridgehead atoms. The predicted molar refractivity (Wildman–Crippen MR) is 56.3 cm³/mol. The predicted octanol–water partition coefficient (Wildman–Crippen LogP) is 2.08. The minimum absolute atomic E-state index is 0.282. The van der Waals surface area contributed by atoms with Crippen molar-refractivity contribution in [2.75, 3.05) is 0 Å². The highest BCUT2D eigenvalue weighted by atomic mass is 16.6. The largest absolute Gasteiger partial charge is 0.432 e. The molecule has 4 nitrogen and oxygen atoms in total. The number of cyclic esters (lactones) is 1. The highest BCUT2D eigenvalue weighted by Crippen LogP contribution is 2.32. The second-order valence-electron chi connectivity index (χ2n) is 5.03. The molecule has 15 heavy (non-hydrogen) atoms. The van der Waals surface area contributed by atoms with Crippen LogP contribution in [0.1, 0.15) is 40.5 Å². The Kier molecular flexibility index (Phi) is 3.37. The van der Waals surface area contributed by atoms with Gasteiger partial charge in [0.15, 0.2) is 5.60 Å². The van der Waals surface area contributed by atoms with Crippen LogP contribution in [-0.2, 0) is 9.53 Å². The molecular weight excluding hydrogens is 194 g/mol. The Morgan fingerprint density at radius 2 is 1.60 bits per heavy atom. The molecule has 1 aliphatic rings. The first-order valence-corrected chi connectivity index (χ1v) is 5.40. The number of carbonyl (C=O) groups excluding carboxylic acids is 2. The summed E-state index contributed by atoms with van der Waals surface area (Å²) >= 11 is 0. The number of hydrogen-bond acceptors (Lipinski definition) is 3. The molecule has 1 N–H and O–H groups in total.